The third-order valence-electron chi connectivity index (χ3n) is 6.26. The van der Waals surface area contributed by atoms with Crippen molar-refractivity contribution in [2.24, 2.45) is 0 Å². The summed E-state index contributed by atoms with van der Waals surface area (Å²) in [6, 6.07) is 21.0. The van der Waals surface area contributed by atoms with E-state index in [-0.39, 0.29) is 23.0 Å². The molecule has 208 valence electrons. The van der Waals surface area contributed by atoms with E-state index < -0.39 is 28.5 Å². The number of hydrogen-bond donors (Lipinski definition) is 1. The first-order chi connectivity index (χ1) is 18.7. The van der Waals surface area contributed by atoms with Crippen LogP contribution in [0, 0.1) is 0 Å². The summed E-state index contributed by atoms with van der Waals surface area (Å²) in [4.78, 5) is 28.3. The second-order valence-corrected chi connectivity index (χ2v) is 11.1. The Morgan fingerprint density at radius 1 is 0.949 bits per heavy atom. The number of ether oxygens (including phenoxy) is 1. The van der Waals surface area contributed by atoms with Crippen LogP contribution in [0.15, 0.2) is 83.8 Å². The zero-order valence-corrected chi connectivity index (χ0v) is 23.9. The predicted octanol–water partition coefficient (Wildman–Crippen LogP) is 4.53. The van der Waals surface area contributed by atoms with E-state index in [9.17, 15) is 18.0 Å². The first-order valence-electron chi connectivity index (χ1n) is 12.7. The SMILES string of the molecule is CCNC(=O)[C@H](CC)N(CCc1ccccc1)C(=O)CN(c1ccc(Cl)cc1)S(=O)(=O)c1ccc(OC)cc1. The van der Waals surface area contributed by atoms with E-state index in [1.54, 1.807) is 36.4 Å². The Morgan fingerprint density at radius 2 is 1.59 bits per heavy atom. The molecule has 1 atom stereocenters. The van der Waals surface area contributed by atoms with Gasteiger partial charge in [0.2, 0.25) is 11.8 Å². The largest absolute Gasteiger partial charge is 0.497 e. The highest BCUT2D eigenvalue weighted by Gasteiger charge is 2.33. The first kappa shape index (κ1) is 30.0. The fourth-order valence-electron chi connectivity index (χ4n) is 4.20. The van der Waals surface area contributed by atoms with Crippen LogP contribution in [0.5, 0.6) is 5.75 Å². The zero-order valence-electron chi connectivity index (χ0n) is 22.3. The lowest BCUT2D eigenvalue weighted by molar-refractivity contribution is -0.139. The summed E-state index contributed by atoms with van der Waals surface area (Å²) in [5.74, 6) is -0.267. The van der Waals surface area contributed by atoms with Crippen molar-refractivity contribution < 1.29 is 22.7 Å². The van der Waals surface area contributed by atoms with Crippen LogP contribution in [0.1, 0.15) is 25.8 Å². The van der Waals surface area contributed by atoms with Crippen LogP contribution in [0.4, 0.5) is 5.69 Å². The fraction of sp³-hybridized carbons (Fsp3) is 0.310. The molecule has 0 fully saturated rings. The number of methoxy groups -OCH3 is 1. The van der Waals surface area contributed by atoms with Crippen LogP contribution in [0.3, 0.4) is 0 Å². The summed E-state index contributed by atoms with van der Waals surface area (Å²) in [7, 11) is -2.67. The molecule has 10 heteroatoms. The predicted molar refractivity (Wildman–Crippen MR) is 154 cm³/mol. The second kappa shape index (κ2) is 14.0. The number of anilines is 1. The summed E-state index contributed by atoms with van der Waals surface area (Å²) in [5, 5.41) is 3.23. The highest BCUT2D eigenvalue weighted by Crippen LogP contribution is 2.27. The summed E-state index contributed by atoms with van der Waals surface area (Å²) in [5.41, 5.74) is 1.28. The Bertz CT molecular complexity index is 1330. The Labute approximate surface area is 235 Å². The standard InChI is InChI=1S/C29H34ClN3O5S/c1-4-27(29(35)31-5-2)32(20-19-22-9-7-6-8-10-22)28(34)21-33(24-13-11-23(30)12-14-24)39(36,37)26-17-15-25(38-3)16-18-26/h6-18,27H,4-5,19-21H2,1-3H3,(H,31,35)/t27-/m0/s1. The summed E-state index contributed by atoms with van der Waals surface area (Å²) >= 11 is 6.06. The maximum Gasteiger partial charge on any atom is 0.264 e. The molecule has 0 radical (unpaired) electrons. The zero-order chi connectivity index (χ0) is 28.4. The fourth-order valence-corrected chi connectivity index (χ4v) is 5.74. The minimum atomic E-state index is -4.16. The number of nitrogens with zero attached hydrogens (tertiary/aromatic N) is 2. The van der Waals surface area contributed by atoms with Gasteiger partial charge in [0, 0.05) is 18.1 Å². The number of rotatable bonds is 13. The molecule has 1 N–H and O–H groups in total. The molecular formula is C29H34ClN3O5S. The van der Waals surface area contributed by atoms with Gasteiger partial charge in [-0.15, -0.1) is 0 Å². The number of carbonyl (C=O) groups is 2. The number of hydrogen-bond acceptors (Lipinski definition) is 5. The molecule has 0 aliphatic carbocycles. The average molecular weight is 572 g/mol. The van der Waals surface area contributed by atoms with E-state index in [0.717, 1.165) is 9.87 Å². The molecule has 8 nitrogen and oxygen atoms in total. The quantitative estimate of drug-likeness (QED) is 0.325. The van der Waals surface area contributed by atoms with E-state index in [0.29, 0.717) is 30.2 Å². The topological polar surface area (TPSA) is 96.0 Å². The van der Waals surface area contributed by atoms with E-state index in [1.165, 1.54) is 24.1 Å². The van der Waals surface area contributed by atoms with Crippen LogP contribution >= 0.6 is 11.6 Å². The molecule has 0 unspecified atom stereocenters. The molecule has 3 aromatic carbocycles. The molecule has 2 amide bonds. The number of carbonyl (C=O) groups excluding carboxylic acids is 2. The third kappa shape index (κ3) is 7.74. The molecule has 0 heterocycles. The van der Waals surface area contributed by atoms with Gasteiger partial charge in [-0.05, 0) is 73.9 Å². The van der Waals surface area contributed by atoms with Gasteiger partial charge in [-0.3, -0.25) is 13.9 Å². The average Bonchev–Trinajstić information content (AvgIpc) is 2.95. The van der Waals surface area contributed by atoms with Crippen molar-refractivity contribution in [3.8, 4) is 5.75 Å². The van der Waals surface area contributed by atoms with Crippen LogP contribution in [-0.2, 0) is 26.0 Å². The van der Waals surface area contributed by atoms with E-state index in [2.05, 4.69) is 5.32 Å². The van der Waals surface area contributed by atoms with Crippen LogP contribution in [0.2, 0.25) is 5.02 Å². The number of nitrogens with one attached hydrogen (secondary N) is 1. The Kier molecular flexibility index (Phi) is 10.8. The van der Waals surface area contributed by atoms with Gasteiger partial charge in [0.25, 0.3) is 10.0 Å². The highest BCUT2D eigenvalue weighted by molar-refractivity contribution is 7.92. The molecule has 0 saturated carbocycles. The lowest BCUT2D eigenvalue weighted by atomic mass is 10.1. The van der Waals surface area contributed by atoms with Crippen molar-refractivity contribution in [2.45, 2.75) is 37.6 Å². The van der Waals surface area contributed by atoms with Crippen molar-refractivity contribution in [1.82, 2.24) is 10.2 Å². The third-order valence-corrected chi connectivity index (χ3v) is 8.30. The Hall–Kier alpha value is -3.56. The molecule has 0 spiro atoms. The molecule has 0 saturated heterocycles. The van der Waals surface area contributed by atoms with Crippen LogP contribution in [0.25, 0.3) is 0 Å². The molecule has 0 aliphatic rings. The number of halogens is 1. The van der Waals surface area contributed by atoms with Gasteiger partial charge in [-0.2, -0.15) is 0 Å². The number of likely N-dealkylation sites (N-methyl/N-ethyl adjacent to an activating group) is 1. The van der Waals surface area contributed by atoms with Crippen LogP contribution in [-0.4, -0.2) is 57.9 Å². The highest BCUT2D eigenvalue weighted by atomic mass is 35.5. The summed E-state index contributed by atoms with van der Waals surface area (Å²) < 4.78 is 33.9. The van der Waals surface area contributed by atoms with Gasteiger partial charge in [-0.25, -0.2) is 8.42 Å². The first-order valence-corrected chi connectivity index (χ1v) is 14.6. The monoisotopic (exact) mass is 571 g/mol. The summed E-state index contributed by atoms with van der Waals surface area (Å²) in [6.07, 6.45) is 0.882. The van der Waals surface area contributed by atoms with Gasteiger partial charge in [0.1, 0.15) is 18.3 Å². The molecular weight excluding hydrogens is 538 g/mol. The molecule has 0 bridgehead atoms. The van der Waals surface area contributed by atoms with Gasteiger partial charge in [0.15, 0.2) is 0 Å². The molecule has 39 heavy (non-hydrogen) atoms. The van der Waals surface area contributed by atoms with Crippen molar-refractivity contribution in [2.75, 3.05) is 31.0 Å². The maximum atomic E-state index is 13.9. The normalized spacial score (nSPS) is 11.9. The van der Waals surface area contributed by atoms with Crippen molar-refractivity contribution in [3.05, 3.63) is 89.4 Å². The lowest BCUT2D eigenvalue weighted by Gasteiger charge is -2.33. The minimum absolute atomic E-state index is 0.00217. The van der Waals surface area contributed by atoms with E-state index in [4.69, 9.17) is 16.3 Å². The lowest BCUT2D eigenvalue weighted by Crippen LogP contribution is -2.53. The number of benzene rings is 3. The molecule has 0 aromatic heterocycles. The van der Waals surface area contributed by atoms with Crippen molar-refractivity contribution >= 4 is 39.1 Å². The van der Waals surface area contributed by atoms with Crippen molar-refractivity contribution in [1.29, 1.82) is 0 Å². The Balaban J connectivity index is 2.00. The molecule has 3 rings (SSSR count). The number of amides is 2. The minimum Gasteiger partial charge on any atom is -0.497 e. The second-order valence-electron chi connectivity index (χ2n) is 8.80. The summed E-state index contributed by atoms with van der Waals surface area (Å²) in [6.45, 7) is 3.80. The van der Waals surface area contributed by atoms with Crippen LogP contribution < -0.4 is 14.4 Å². The smallest absolute Gasteiger partial charge is 0.264 e. The van der Waals surface area contributed by atoms with E-state index >= 15 is 0 Å². The van der Waals surface area contributed by atoms with E-state index in [1.807, 2.05) is 44.2 Å². The van der Waals surface area contributed by atoms with Crippen molar-refractivity contribution in [3.63, 3.8) is 0 Å². The molecule has 3 aromatic rings. The van der Waals surface area contributed by atoms with Gasteiger partial charge in [-0.1, -0.05) is 48.9 Å². The van der Waals surface area contributed by atoms with Gasteiger partial charge in [0.05, 0.1) is 17.7 Å². The Morgan fingerprint density at radius 3 is 2.15 bits per heavy atom. The maximum absolute atomic E-state index is 13.9. The van der Waals surface area contributed by atoms with Gasteiger partial charge >= 0.3 is 0 Å². The van der Waals surface area contributed by atoms with Gasteiger partial charge < -0.3 is 15.0 Å². The molecule has 0 aliphatic heterocycles. The number of sulfonamides is 1.